The van der Waals surface area contributed by atoms with E-state index in [9.17, 15) is 4.21 Å². The van der Waals surface area contributed by atoms with Crippen molar-refractivity contribution in [3.8, 4) is 5.75 Å². The predicted molar refractivity (Wildman–Crippen MR) is 126 cm³/mol. The highest BCUT2D eigenvalue weighted by molar-refractivity contribution is 7.89. The molecule has 3 aromatic rings. The maximum absolute atomic E-state index is 14.1. The van der Waals surface area contributed by atoms with Crippen LogP contribution in [0.5, 0.6) is 5.75 Å². The number of hydrogen-bond acceptors (Lipinski definition) is 3. The minimum Gasteiger partial charge on any atom is -0.497 e. The van der Waals surface area contributed by atoms with E-state index >= 15 is 0 Å². The van der Waals surface area contributed by atoms with Crippen LogP contribution in [-0.4, -0.2) is 25.4 Å². The van der Waals surface area contributed by atoms with Crippen LogP contribution in [0.4, 0.5) is 5.69 Å². The molecule has 0 heterocycles. The molecule has 1 aliphatic carbocycles. The molecule has 4 rings (SSSR count). The van der Waals surface area contributed by atoms with Crippen molar-refractivity contribution < 1.29 is 8.95 Å². The van der Waals surface area contributed by atoms with E-state index in [2.05, 4.69) is 36.4 Å². The Morgan fingerprint density at radius 3 is 2.23 bits per heavy atom. The molecule has 1 aliphatic rings. The number of anilines is 1. The minimum absolute atomic E-state index is 0.152. The average Bonchev–Trinajstić information content (AvgIpc) is 3.24. The summed E-state index contributed by atoms with van der Waals surface area (Å²) in [5, 5.41) is 0. The standard InChI is InChI=1S/C26H27NO2S/c1-27(2)24-11-7-8-12-25(24)30(28)26-22(19-9-5-4-6-10-19)17-18-23(26)20-13-15-21(29-3)16-14-20/h4-16,22H,17-18H2,1-3H3/t22-,30?/m1/s1. The molecule has 0 amide bonds. The van der Waals surface area contributed by atoms with Gasteiger partial charge in [-0.3, -0.25) is 0 Å². The molecule has 1 unspecified atom stereocenters. The van der Waals surface area contributed by atoms with Gasteiger partial charge in [-0.25, -0.2) is 4.21 Å². The second-order valence-electron chi connectivity index (χ2n) is 7.70. The Balaban J connectivity index is 1.86. The highest BCUT2D eigenvalue weighted by atomic mass is 32.2. The zero-order valence-electron chi connectivity index (χ0n) is 17.7. The van der Waals surface area contributed by atoms with Crippen LogP contribution in [0.15, 0.2) is 88.7 Å². The van der Waals surface area contributed by atoms with Gasteiger partial charge < -0.3 is 9.64 Å². The molecule has 0 aromatic heterocycles. The Labute approximate surface area is 181 Å². The van der Waals surface area contributed by atoms with Crippen molar-refractivity contribution in [2.45, 2.75) is 23.7 Å². The van der Waals surface area contributed by atoms with E-state index in [1.54, 1.807) is 7.11 Å². The number of allylic oxidation sites excluding steroid dienone is 2. The third-order valence-corrected chi connectivity index (χ3v) is 7.36. The lowest BCUT2D eigenvalue weighted by atomic mass is 9.99. The summed E-state index contributed by atoms with van der Waals surface area (Å²) < 4.78 is 19.4. The van der Waals surface area contributed by atoms with E-state index in [1.807, 2.05) is 61.5 Å². The van der Waals surface area contributed by atoms with Crippen LogP contribution in [0, 0.1) is 0 Å². The Kier molecular flexibility index (Phi) is 6.05. The van der Waals surface area contributed by atoms with E-state index in [-0.39, 0.29) is 5.92 Å². The highest BCUT2D eigenvalue weighted by Gasteiger charge is 2.33. The number of rotatable bonds is 6. The molecule has 0 spiro atoms. The van der Waals surface area contributed by atoms with Crippen molar-refractivity contribution >= 4 is 22.1 Å². The van der Waals surface area contributed by atoms with Crippen molar-refractivity contribution in [1.82, 2.24) is 0 Å². The second-order valence-corrected chi connectivity index (χ2v) is 9.12. The first-order valence-electron chi connectivity index (χ1n) is 10.2. The molecule has 0 aliphatic heterocycles. The Hall–Kier alpha value is -2.85. The number of nitrogens with zero attached hydrogens (tertiary/aromatic N) is 1. The lowest BCUT2D eigenvalue weighted by Crippen LogP contribution is -2.13. The molecule has 4 heteroatoms. The average molecular weight is 418 g/mol. The topological polar surface area (TPSA) is 29.5 Å². The summed E-state index contributed by atoms with van der Waals surface area (Å²) in [4.78, 5) is 3.93. The predicted octanol–water partition coefficient (Wildman–Crippen LogP) is 5.86. The van der Waals surface area contributed by atoms with E-state index in [1.165, 1.54) is 11.1 Å². The summed E-state index contributed by atoms with van der Waals surface area (Å²) in [7, 11) is 4.42. The first kappa shape index (κ1) is 20.4. The van der Waals surface area contributed by atoms with Gasteiger partial charge in [0, 0.05) is 24.9 Å². The number of hydrogen-bond donors (Lipinski definition) is 0. The van der Waals surface area contributed by atoms with Gasteiger partial charge in [-0.2, -0.15) is 0 Å². The summed E-state index contributed by atoms with van der Waals surface area (Å²) in [5.41, 5.74) is 4.54. The van der Waals surface area contributed by atoms with Gasteiger partial charge in [-0.15, -0.1) is 0 Å². The summed E-state index contributed by atoms with van der Waals surface area (Å²) in [5.74, 6) is 0.983. The van der Waals surface area contributed by atoms with E-state index in [0.29, 0.717) is 0 Å². The smallest absolute Gasteiger partial charge is 0.118 e. The van der Waals surface area contributed by atoms with Crippen molar-refractivity contribution in [3.05, 3.63) is 94.9 Å². The zero-order chi connectivity index (χ0) is 21.1. The first-order valence-corrected chi connectivity index (χ1v) is 11.4. The molecule has 3 nitrogen and oxygen atoms in total. The van der Waals surface area contributed by atoms with Crippen molar-refractivity contribution in [2.75, 3.05) is 26.1 Å². The van der Waals surface area contributed by atoms with Crippen molar-refractivity contribution in [3.63, 3.8) is 0 Å². The van der Waals surface area contributed by atoms with Crippen LogP contribution in [0.2, 0.25) is 0 Å². The van der Waals surface area contributed by atoms with E-state index in [4.69, 9.17) is 4.74 Å². The Morgan fingerprint density at radius 1 is 0.900 bits per heavy atom. The molecule has 154 valence electrons. The van der Waals surface area contributed by atoms with Gasteiger partial charge in [0.15, 0.2) is 0 Å². The number of para-hydroxylation sites is 1. The van der Waals surface area contributed by atoms with Crippen LogP contribution in [-0.2, 0) is 10.8 Å². The molecule has 0 radical (unpaired) electrons. The van der Waals surface area contributed by atoms with E-state index in [0.717, 1.165) is 39.6 Å². The summed E-state index contributed by atoms with van der Waals surface area (Å²) in [6.45, 7) is 0. The summed E-state index contributed by atoms with van der Waals surface area (Å²) in [6, 6.07) is 26.6. The molecule has 2 atom stereocenters. The molecule has 30 heavy (non-hydrogen) atoms. The maximum Gasteiger partial charge on any atom is 0.118 e. The lowest BCUT2D eigenvalue weighted by Gasteiger charge is -2.21. The monoisotopic (exact) mass is 417 g/mol. The van der Waals surface area contributed by atoms with Crippen LogP contribution < -0.4 is 9.64 Å². The van der Waals surface area contributed by atoms with Gasteiger partial charge in [0.05, 0.1) is 28.5 Å². The van der Waals surface area contributed by atoms with Gasteiger partial charge in [-0.05, 0) is 53.8 Å². The summed E-state index contributed by atoms with van der Waals surface area (Å²) >= 11 is 0. The fraction of sp³-hybridized carbons (Fsp3) is 0.231. The molecule has 0 N–H and O–H groups in total. The SMILES string of the molecule is COc1ccc(C2=C(S(=O)c3ccccc3N(C)C)[C@@H](c3ccccc3)CC2)cc1. The van der Waals surface area contributed by atoms with Gasteiger partial charge in [-0.1, -0.05) is 54.6 Å². The molecule has 0 bridgehead atoms. The molecule has 3 aromatic carbocycles. The number of ether oxygens (including phenoxy) is 1. The van der Waals surface area contributed by atoms with Crippen LogP contribution in [0.1, 0.15) is 29.9 Å². The Bertz CT molecular complexity index is 1070. The number of methoxy groups -OCH3 is 1. The minimum atomic E-state index is -1.25. The van der Waals surface area contributed by atoms with Crippen LogP contribution in [0.3, 0.4) is 0 Å². The third kappa shape index (κ3) is 3.92. The van der Waals surface area contributed by atoms with Gasteiger partial charge >= 0.3 is 0 Å². The lowest BCUT2D eigenvalue weighted by molar-refractivity contribution is 0.415. The zero-order valence-corrected chi connectivity index (χ0v) is 18.5. The first-order chi connectivity index (χ1) is 14.6. The third-order valence-electron chi connectivity index (χ3n) is 5.68. The second kappa shape index (κ2) is 8.88. The Morgan fingerprint density at radius 2 is 1.57 bits per heavy atom. The summed E-state index contributed by atoms with van der Waals surface area (Å²) in [6.07, 6.45) is 1.88. The van der Waals surface area contributed by atoms with Gasteiger partial charge in [0.1, 0.15) is 5.75 Å². The fourth-order valence-corrected chi connectivity index (χ4v) is 6.01. The maximum atomic E-state index is 14.1. The van der Waals surface area contributed by atoms with Gasteiger partial charge in [0.2, 0.25) is 0 Å². The van der Waals surface area contributed by atoms with Crippen LogP contribution in [0.25, 0.3) is 5.57 Å². The number of benzene rings is 3. The highest BCUT2D eigenvalue weighted by Crippen LogP contribution is 2.47. The van der Waals surface area contributed by atoms with E-state index < -0.39 is 10.8 Å². The normalized spacial score (nSPS) is 17.1. The fourth-order valence-electron chi connectivity index (χ4n) is 4.18. The molecule has 0 fully saturated rings. The van der Waals surface area contributed by atoms with Gasteiger partial charge in [0.25, 0.3) is 0 Å². The van der Waals surface area contributed by atoms with Crippen LogP contribution >= 0.6 is 0 Å². The quantitative estimate of drug-likeness (QED) is 0.503. The molecular formula is C26H27NO2S. The van der Waals surface area contributed by atoms with Crippen molar-refractivity contribution in [1.29, 1.82) is 0 Å². The molecule has 0 saturated carbocycles. The molecule has 0 saturated heterocycles. The molecular weight excluding hydrogens is 390 g/mol. The largest absolute Gasteiger partial charge is 0.497 e. The van der Waals surface area contributed by atoms with Crippen molar-refractivity contribution in [2.24, 2.45) is 0 Å².